The maximum Gasteiger partial charge on any atom is 0.192 e. The van der Waals surface area contributed by atoms with Gasteiger partial charge in [0.1, 0.15) is 5.52 Å². The zero-order valence-electron chi connectivity index (χ0n) is 14.3. The van der Waals surface area contributed by atoms with E-state index in [0.29, 0.717) is 0 Å². The number of nitrogens with zero attached hydrogens (tertiary/aromatic N) is 1. The lowest BCUT2D eigenvalue weighted by atomic mass is 10.1. The van der Waals surface area contributed by atoms with Gasteiger partial charge in [0.05, 0.1) is 8.07 Å². The fraction of sp³-hybridized carbons (Fsp3) is 0.350. The first kappa shape index (κ1) is 16.0. The normalized spacial score (nSPS) is 12.0. The maximum atomic E-state index is 6.04. The predicted molar refractivity (Wildman–Crippen MR) is 100 cm³/mol. The van der Waals surface area contributed by atoms with Crippen LogP contribution in [0.15, 0.2) is 52.9 Å². The Hall–Kier alpha value is -1.87. The number of hydrogen-bond acceptors (Lipinski definition) is 2. The summed E-state index contributed by atoms with van der Waals surface area (Å²) in [7, 11) is -1.25. The summed E-state index contributed by atoms with van der Waals surface area (Å²) in [5, 5.41) is 0. The summed E-state index contributed by atoms with van der Waals surface area (Å²) in [6, 6.07) is 21.7. The third-order valence-corrected chi connectivity index (χ3v) is 10.9. The highest BCUT2D eigenvalue weighted by atomic mass is 28.3. The highest BCUT2D eigenvalue weighted by molar-refractivity contribution is 6.79. The van der Waals surface area contributed by atoms with Gasteiger partial charge in [-0.3, -0.25) is 0 Å². The molecule has 0 N–H and O–H groups in total. The van der Waals surface area contributed by atoms with E-state index in [1.54, 1.807) is 0 Å². The molecule has 0 aliphatic carbocycles. The first-order valence-electron chi connectivity index (χ1n) is 8.64. The van der Waals surface area contributed by atoms with Gasteiger partial charge in [-0.25, -0.2) is 4.98 Å². The van der Waals surface area contributed by atoms with Gasteiger partial charge < -0.3 is 4.42 Å². The van der Waals surface area contributed by atoms with Crippen LogP contribution < -0.4 is 0 Å². The quantitative estimate of drug-likeness (QED) is 0.513. The molecule has 23 heavy (non-hydrogen) atoms. The van der Waals surface area contributed by atoms with Crippen LogP contribution in [0.1, 0.15) is 26.7 Å². The van der Waals surface area contributed by atoms with Crippen molar-refractivity contribution in [2.75, 3.05) is 0 Å². The van der Waals surface area contributed by atoms with E-state index >= 15 is 0 Å². The average Bonchev–Trinajstić information content (AvgIpc) is 3.02. The van der Waals surface area contributed by atoms with Crippen molar-refractivity contribution in [3.05, 3.63) is 54.4 Å². The fourth-order valence-electron chi connectivity index (χ4n) is 3.31. The third-order valence-electron chi connectivity index (χ3n) is 5.32. The number of fused-ring (bicyclic) bond motifs is 1. The molecule has 0 aliphatic heterocycles. The predicted octanol–water partition coefficient (Wildman–Crippen LogP) is 6.09. The molecule has 0 aliphatic rings. The van der Waals surface area contributed by atoms with Crippen molar-refractivity contribution < 1.29 is 4.42 Å². The zero-order chi connectivity index (χ0) is 16.3. The summed E-state index contributed by atoms with van der Waals surface area (Å²) in [5.41, 5.74) is 4.31. The molecule has 0 spiro atoms. The topological polar surface area (TPSA) is 26.0 Å². The van der Waals surface area contributed by atoms with Gasteiger partial charge in [0.2, 0.25) is 0 Å². The summed E-state index contributed by atoms with van der Waals surface area (Å²) in [5.74, 6) is 0.933. The van der Waals surface area contributed by atoms with Gasteiger partial charge in [-0.05, 0) is 23.3 Å². The zero-order valence-corrected chi connectivity index (χ0v) is 15.3. The van der Waals surface area contributed by atoms with Crippen LogP contribution in [0.3, 0.4) is 0 Å². The lowest BCUT2D eigenvalue weighted by Gasteiger charge is -2.26. The van der Waals surface area contributed by atoms with Gasteiger partial charge in [-0.15, -0.1) is 0 Å². The highest BCUT2D eigenvalue weighted by Gasteiger charge is 2.29. The van der Waals surface area contributed by atoms with Gasteiger partial charge >= 0.3 is 0 Å². The second-order valence-electron chi connectivity index (χ2n) is 6.39. The summed E-state index contributed by atoms with van der Waals surface area (Å²) in [4.78, 5) is 4.80. The molecular formula is C20H25NOSi. The number of rotatable bonds is 6. The van der Waals surface area contributed by atoms with Crippen molar-refractivity contribution in [2.45, 2.75) is 44.9 Å². The molecule has 2 nitrogen and oxygen atoms in total. The smallest absolute Gasteiger partial charge is 0.192 e. The van der Waals surface area contributed by atoms with Crippen LogP contribution in [0, 0.1) is 0 Å². The second kappa shape index (κ2) is 6.71. The van der Waals surface area contributed by atoms with Crippen LogP contribution >= 0.6 is 0 Å². The molecule has 0 saturated carbocycles. The number of benzene rings is 2. The van der Waals surface area contributed by atoms with E-state index in [1.807, 2.05) is 6.07 Å². The molecule has 0 fully saturated rings. The Morgan fingerprint density at radius 2 is 1.57 bits per heavy atom. The monoisotopic (exact) mass is 323 g/mol. The number of aromatic nitrogens is 1. The van der Waals surface area contributed by atoms with Crippen molar-refractivity contribution >= 4 is 19.2 Å². The van der Waals surface area contributed by atoms with E-state index in [0.717, 1.165) is 23.0 Å². The Morgan fingerprint density at radius 1 is 0.870 bits per heavy atom. The van der Waals surface area contributed by atoms with E-state index in [2.05, 4.69) is 63.2 Å². The van der Waals surface area contributed by atoms with Crippen LogP contribution in [0.2, 0.25) is 18.1 Å². The van der Waals surface area contributed by atoms with Crippen molar-refractivity contribution in [3.8, 4) is 11.1 Å². The van der Waals surface area contributed by atoms with Gasteiger partial charge in [0, 0.05) is 6.04 Å². The van der Waals surface area contributed by atoms with Crippen molar-refractivity contribution in [3.63, 3.8) is 0 Å². The summed E-state index contributed by atoms with van der Waals surface area (Å²) in [6.07, 6.45) is 0. The van der Waals surface area contributed by atoms with E-state index in [1.165, 1.54) is 29.3 Å². The van der Waals surface area contributed by atoms with Crippen molar-refractivity contribution in [1.82, 2.24) is 4.98 Å². The standard InChI is InChI=1S/C20H25NOSi/c1-4-23(5-2,6-3)15-20-21-18-14-17(12-13-19(18)22-20)16-10-8-7-9-11-16/h7-14H,4-6,15H2,1-3H3. The average molecular weight is 324 g/mol. The molecule has 2 aromatic carbocycles. The molecule has 120 valence electrons. The van der Waals surface area contributed by atoms with Gasteiger partial charge in [-0.2, -0.15) is 0 Å². The van der Waals surface area contributed by atoms with Gasteiger partial charge in [-0.1, -0.05) is 75.3 Å². The minimum absolute atomic E-state index is 0.908. The Balaban J connectivity index is 1.93. The second-order valence-corrected chi connectivity index (χ2v) is 11.9. The van der Waals surface area contributed by atoms with Gasteiger partial charge in [0.25, 0.3) is 0 Å². The van der Waals surface area contributed by atoms with Crippen LogP contribution in [0.5, 0.6) is 0 Å². The molecule has 1 heterocycles. The highest BCUT2D eigenvalue weighted by Crippen LogP contribution is 2.28. The molecule has 0 atom stereocenters. The van der Waals surface area contributed by atoms with Crippen molar-refractivity contribution in [2.24, 2.45) is 0 Å². The van der Waals surface area contributed by atoms with E-state index in [9.17, 15) is 0 Å². The SMILES string of the molecule is CC[Si](CC)(CC)Cc1nc2cc(-c3ccccc3)ccc2o1. The maximum absolute atomic E-state index is 6.04. The Kier molecular flexibility index (Phi) is 4.67. The van der Waals surface area contributed by atoms with Crippen LogP contribution in [-0.4, -0.2) is 13.1 Å². The first-order valence-corrected chi connectivity index (χ1v) is 11.5. The molecule has 0 unspecified atom stereocenters. The van der Waals surface area contributed by atoms with E-state index in [-0.39, 0.29) is 0 Å². The van der Waals surface area contributed by atoms with Gasteiger partial charge in [0.15, 0.2) is 11.5 Å². The molecule has 0 radical (unpaired) electrons. The van der Waals surface area contributed by atoms with E-state index < -0.39 is 8.07 Å². The lowest BCUT2D eigenvalue weighted by molar-refractivity contribution is 0.550. The lowest BCUT2D eigenvalue weighted by Crippen LogP contribution is -2.34. The minimum atomic E-state index is -1.25. The van der Waals surface area contributed by atoms with Crippen LogP contribution in [0.4, 0.5) is 0 Å². The van der Waals surface area contributed by atoms with E-state index in [4.69, 9.17) is 9.40 Å². The molecule has 0 saturated heterocycles. The van der Waals surface area contributed by atoms with Crippen LogP contribution in [-0.2, 0) is 6.04 Å². The molecule has 0 bridgehead atoms. The fourth-order valence-corrected chi connectivity index (χ4v) is 6.35. The third kappa shape index (κ3) is 3.25. The number of oxazole rings is 1. The molecular weight excluding hydrogens is 298 g/mol. The van der Waals surface area contributed by atoms with Crippen molar-refractivity contribution in [1.29, 1.82) is 0 Å². The largest absolute Gasteiger partial charge is 0.441 e. The summed E-state index contributed by atoms with van der Waals surface area (Å²) >= 11 is 0. The Morgan fingerprint density at radius 3 is 2.22 bits per heavy atom. The molecule has 3 rings (SSSR count). The van der Waals surface area contributed by atoms with Crippen LogP contribution in [0.25, 0.3) is 22.2 Å². The Bertz CT molecular complexity index is 766. The summed E-state index contributed by atoms with van der Waals surface area (Å²) < 4.78 is 6.04. The minimum Gasteiger partial charge on any atom is -0.441 e. The molecule has 3 heteroatoms. The Labute approximate surface area is 139 Å². The molecule has 3 aromatic rings. The number of hydrogen-bond donors (Lipinski definition) is 0. The molecule has 1 aromatic heterocycles. The molecule has 0 amide bonds. The summed E-state index contributed by atoms with van der Waals surface area (Å²) in [6.45, 7) is 6.99. The first-order chi connectivity index (χ1) is 11.2.